The van der Waals surface area contributed by atoms with Crippen LogP contribution < -0.4 is 0 Å². The van der Waals surface area contributed by atoms with Crippen LogP contribution in [-0.4, -0.2) is 19.4 Å². The quantitative estimate of drug-likeness (QED) is 0.149. The summed E-state index contributed by atoms with van der Waals surface area (Å²) in [7, 11) is 0. The van der Waals surface area contributed by atoms with Gasteiger partial charge in [0, 0.05) is 38.2 Å². The summed E-state index contributed by atoms with van der Waals surface area (Å²) in [5, 5.41) is 7.50. The first-order valence-corrected chi connectivity index (χ1v) is 15.9. The van der Waals surface area contributed by atoms with Crippen LogP contribution in [0.4, 0.5) is 0 Å². The third-order valence-electron chi connectivity index (χ3n) is 9.38. The minimum absolute atomic E-state index is 0.652. The molecule has 4 nitrogen and oxygen atoms in total. The number of benzene rings is 7. The van der Waals surface area contributed by atoms with Crippen molar-refractivity contribution in [1.29, 1.82) is 0 Å². The maximum absolute atomic E-state index is 5.04. The van der Waals surface area contributed by atoms with Gasteiger partial charge in [0.2, 0.25) is 0 Å². The molecular weight excluding hydrogens is 573 g/mol. The number of hydrogen-bond donors (Lipinski definition) is 0. The molecule has 0 atom stereocenters. The number of rotatable bonds is 4. The number of para-hydroxylation sites is 1. The van der Waals surface area contributed by atoms with Crippen molar-refractivity contribution in [2.24, 2.45) is 0 Å². The average Bonchev–Trinajstić information content (AvgIpc) is 3.49. The van der Waals surface area contributed by atoms with Crippen molar-refractivity contribution in [1.82, 2.24) is 19.4 Å². The predicted octanol–water partition coefficient (Wildman–Crippen LogP) is 10.8. The summed E-state index contributed by atoms with van der Waals surface area (Å²) >= 11 is 0. The summed E-state index contributed by atoms with van der Waals surface area (Å²) in [4.78, 5) is 15.0. The molecule has 7 aromatic carbocycles. The number of fused-ring (bicyclic) bond motifs is 5. The van der Waals surface area contributed by atoms with Crippen LogP contribution >= 0.6 is 0 Å². The van der Waals surface area contributed by atoms with Crippen LogP contribution in [0.15, 0.2) is 158 Å². The van der Waals surface area contributed by atoms with Crippen molar-refractivity contribution in [3.8, 4) is 45.3 Å². The highest BCUT2D eigenvalue weighted by Crippen LogP contribution is 2.43. The highest BCUT2D eigenvalue weighted by atomic mass is 15.0. The largest absolute Gasteiger partial charge is 0.308 e. The van der Waals surface area contributed by atoms with E-state index in [0.717, 1.165) is 22.2 Å². The molecule has 10 aromatic rings. The molecule has 0 unspecified atom stereocenters. The summed E-state index contributed by atoms with van der Waals surface area (Å²) in [6, 6.07) is 55.5. The lowest BCUT2D eigenvalue weighted by Crippen LogP contribution is -2.00. The molecule has 0 radical (unpaired) electrons. The lowest BCUT2D eigenvalue weighted by Gasteiger charge is -2.16. The molecule has 47 heavy (non-hydrogen) atoms. The summed E-state index contributed by atoms with van der Waals surface area (Å²) in [6.45, 7) is 0. The Morgan fingerprint density at radius 2 is 0.872 bits per heavy atom. The first-order chi connectivity index (χ1) is 23.3. The van der Waals surface area contributed by atoms with Gasteiger partial charge in [-0.1, -0.05) is 146 Å². The number of pyridine rings is 1. The Balaban J connectivity index is 1.28. The van der Waals surface area contributed by atoms with E-state index in [1.807, 2.05) is 60.7 Å². The summed E-state index contributed by atoms with van der Waals surface area (Å²) < 4.78 is 2.45. The molecule has 3 aromatic heterocycles. The van der Waals surface area contributed by atoms with E-state index in [1.165, 1.54) is 54.5 Å². The molecule has 0 spiro atoms. The molecule has 0 fully saturated rings. The maximum Gasteiger partial charge on any atom is 0.164 e. The Hall–Kier alpha value is -6.39. The van der Waals surface area contributed by atoms with E-state index in [0.29, 0.717) is 17.5 Å². The van der Waals surface area contributed by atoms with E-state index < -0.39 is 0 Å². The van der Waals surface area contributed by atoms with E-state index in [9.17, 15) is 0 Å². The van der Waals surface area contributed by atoms with Gasteiger partial charge in [0.1, 0.15) is 0 Å². The molecule has 0 aliphatic rings. The predicted molar refractivity (Wildman–Crippen MR) is 194 cm³/mol. The Morgan fingerprint density at radius 1 is 0.340 bits per heavy atom. The zero-order valence-electron chi connectivity index (χ0n) is 25.3. The van der Waals surface area contributed by atoms with Crippen molar-refractivity contribution in [2.75, 3.05) is 0 Å². The lowest BCUT2D eigenvalue weighted by atomic mass is 9.93. The average molecular weight is 599 g/mol. The van der Waals surface area contributed by atoms with Gasteiger partial charge < -0.3 is 4.40 Å². The Kier molecular flexibility index (Phi) is 5.54. The molecule has 3 heterocycles. The van der Waals surface area contributed by atoms with Crippen molar-refractivity contribution in [3.63, 3.8) is 0 Å². The van der Waals surface area contributed by atoms with Gasteiger partial charge in [0.15, 0.2) is 17.5 Å². The van der Waals surface area contributed by atoms with Crippen LogP contribution in [-0.2, 0) is 0 Å². The van der Waals surface area contributed by atoms with E-state index in [4.69, 9.17) is 15.0 Å². The topological polar surface area (TPSA) is 43.1 Å². The van der Waals surface area contributed by atoms with Crippen LogP contribution in [0.25, 0.3) is 94.2 Å². The van der Waals surface area contributed by atoms with Gasteiger partial charge in [-0.25, -0.2) is 15.0 Å². The summed E-state index contributed by atoms with van der Waals surface area (Å²) in [5.74, 6) is 1.97. The highest BCUT2D eigenvalue weighted by Gasteiger charge is 2.20. The van der Waals surface area contributed by atoms with Crippen molar-refractivity contribution >= 4 is 48.9 Å². The molecule has 0 aliphatic heterocycles. The molecule has 0 aliphatic carbocycles. The summed E-state index contributed by atoms with van der Waals surface area (Å²) in [6.07, 6.45) is 0. The van der Waals surface area contributed by atoms with E-state index in [2.05, 4.69) is 101 Å². The van der Waals surface area contributed by atoms with Gasteiger partial charge in [-0.05, 0) is 34.0 Å². The molecule has 0 saturated heterocycles. The Labute approximate surface area is 270 Å². The first-order valence-electron chi connectivity index (χ1n) is 15.9. The van der Waals surface area contributed by atoms with Gasteiger partial charge in [-0.3, -0.25) is 0 Å². The number of nitrogens with zero attached hydrogens (tertiary/aromatic N) is 4. The van der Waals surface area contributed by atoms with Crippen LogP contribution in [0, 0.1) is 0 Å². The molecule has 0 N–H and O–H groups in total. The Bertz CT molecular complexity index is 2710. The monoisotopic (exact) mass is 598 g/mol. The maximum atomic E-state index is 5.04. The molecular formula is C43H26N4. The fraction of sp³-hybridized carbons (Fsp3) is 0. The molecule has 0 bridgehead atoms. The molecule has 218 valence electrons. The third-order valence-corrected chi connectivity index (χ3v) is 9.38. The number of aromatic nitrogens is 4. The smallest absolute Gasteiger partial charge is 0.164 e. The zero-order chi connectivity index (χ0) is 30.9. The van der Waals surface area contributed by atoms with Crippen molar-refractivity contribution < 1.29 is 0 Å². The zero-order valence-corrected chi connectivity index (χ0v) is 25.3. The van der Waals surface area contributed by atoms with Crippen LogP contribution in [0.3, 0.4) is 0 Å². The van der Waals surface area contributed by atoms with Crippen LogP contribution in [0.1, 0.15) is 0 Å². The normalized spacial score (nSPS) is 11.8. The van der Waals surface area contributed by atoms with Gasteiger partial charge in [0.05, 0.1) is 16.6 Å². The third kappa shape index (κ3) is 3.92. The fourth-order valence-corrected chi connectivity index (χ4v) is 7.28. The van der Waals surface area contributed by atoms with Crippen molar-refractivity contribution in [2.45, 2.75) is 0 Å². The molecule has 4 heteroatoms. The summed E-state index contributed by atoms with van der Waals surface area (Å²) in [5.41, 5.74) is 8.89. The van der Waals surface area contributed by atoms with Gasteiger partial charge in [-0.15, -0.1) is 0 Å². The van der Waals surface area contributed by atoms with E-state index >= 15 is 0 Å². The second kappa shape index (κ2) is 10.1. The SMILES string of the molecule is c1ccc(-c2nc(-c3ccccc3)nc(-c3ccc4c5cccc6c7cccc8c(-c9ccccc9)ccc(c87)n(c4c3)c65)n2)cc1. The van der Waals surface area contributed by atoms with Crippen LogP contribution in [0.2, 0.25) is 0 Å². The first kappa shape index (κ1) is 25.9. The van der Waals surface area contributed by atoms with Gasteiger partial charge in [0.25, 0.3) is 0 Å². The highest BCUT2D eigenvalue weighted by molar-refractivity contribution is 6.28. The molecule has 0 saturated carbocycles. The fourth-order valence-electron chi connectivity index (χ4n) is 7.28. The second-order valence-electron chi connectivity index (χ2n) is 12.0. The minimum Gasteiger partial charge on any atom is -0.308 e. The molecule has 0 amide bonds. The van der Waals surface area contributed by atoms with Gasteiger partial charge >= 0.3 is 0 Å². The second-order valence-corrected chi connectivity index (χ2v) is 12.0. The molecule has 10 rings (SSSR count). The standard InChI is InChI=1S/C43H26N4/c1-4-12-27(13-5-1)31-24-25-37-39-33(31)18-10-19-34(39)36-21-11-20-35-32-23-22-30(26-38(32)47(37)40(35)36)43-45-41(28-14-6-2-7-15-28)44-42(46-43)29-16-8-3-9-17-29/h1-26H. The lowest BCUT2D eigenvalue weighted by molar-refractivity contribution is 1.07. The minimum atomic E-state index is 0.652. The van der Waals surface area contributed by atoms with E-state index in [1.54, 1.807) is 0 Å². The van der Waals surface area contributed by atoms with Gasteiger partial charge in [-0.2, -0.15) is 0 Å². The number of hydrogen-bond acceptors (Lipinski definition) is 3. The van der Waals surface area contributed by atoms with Crippen molar-refractivity contribution in [3.05, 3.63) is 158 Å². The van der Waals surface area contributed by atoms with E-state index in [-0.39, 0.29) is 0 Å². The van der Waals surface area contributed by atoms with Crippen LogP contribution in [0.5, 0.6) is 0 Å². The Morgan fingerprint density at radius 3 is 1.51 bits per heavy atom.